The fourth-order valence-corrected chi connectivity index (χ4v) is 4.68. The van der Waals surface area contributed by atoms with E-state index in [0.717, 1.165) is 6.07 Å². The summed E-state index contributed by atoms with van der Waals surface area (Å²) in [7, 11) is -2.43. The lowest BCUT2D eigenvalue weighted by atomic mass is 10.3. The number of nitrogens with zero attached hydrogens (tertiary/aromatic N) is 2. The number of hydrogen-bond donors (Lipinski definition) is 1. The zero-order chi connectivity index (χ0) is 15.1. The second-order valence-electron chi connectivity index (χ2n) is 4.20. The summed E-state index contributed by atoms with van der Waals surface area (Å²) in [6.07, 6.45) is 0.357. The van der Waals surface area contributed by atoms with E-state index in [1.54, 1.807) is 7.05 Å². The molecule has 0 aromatic carbocycles. The van der Waals surface area contributed by atoms with Crippen molar-refractivity contribution in [2.75, 3.05) is 13.6 Å². The number of sulfonamides is 1. The van der Waals surface area contributed by atoms with Crippen molar-refractivity contribution in [2.45, 2.75) is 16.7 Å². The van der Waals surface area contributed by atoms with Crippen LogP contribution in [0.1, 0.15) is 6.42 Å². The summed E-state index contributed by atoms with van der Waals surface area (Å²) in [6.45, 7) is 0.456. The average Bonchev–Trinajstić information content (AvgIpc) is 2.87. The highest BCUT2D eigenvalue weighted by Crippen LogP contribution is 2.36. The standard InChI is InChI=1S/C9H10ClN3O5S2/c1-12-3-2-5(9(12)14)11-20(17,18)7-4-6(13(15)16)8(10)19-7/h4-5,11H,2-3H2,1H3. The SMILES string of the molecule is CN1CCC(NS(=O)(=O)c2cc([N+](=O)[O-])c(Cl)s2)C1=O. The first-order chi connectivity index (χ1) is 9.22. The van der Waals surface area contributed by atoms with Gasteiger partial charge in [-0.1, -0.05) is 11.6 Å². The van der Waals surface area contributed by atoms with E-state index in [9.17, 15) is 23.3 Å². The molecule has 20 heavy (non-hydrogen) atoms. The van der Waals surface area contributed by atoms with E-state index in [1.165, 1.54) is 4.90 Å². The van der Waals surface area contributed by atoms with Crippen molar-refractivity contribution < 1.29 is 18.1 Å². The molecule has 1 N–H and O–H groups in total. The van der Waals surface area contributed by atoms with Crippen molar-refractivity contribution in [2.24, 2.45) is 0 Å². The van der Waals surface area contributed by atoms with Crippen molar-refractivity contribution in [3.8, 4) is 0 Å². The van der Waals surface area contributed by atoms with Crippen LogP contribution in [0.3, 0.4) is 0 Å². The monoisotopic (exact) mass is 339 g/mol. The maximum absolute atomic E-state index is 12.1. The molecule has 110 valence electrons. The molecular formula is C9H10ClN3O5S2. The number of thiophene rings is 1. The highest BCUT2D eigenvalue weighted by Gasteiger charge is 2.34. The molecule has 1 amide bonds. The molecule has 2 heterocycles. The number of hydrogen-bond acceptors (Lipinski definition) is 6. The average molecular weight is 340 g/mol. The molecule has 1 unspecified atom stereocenters. The van der Waals surface area contributed by atoms with Crippen LogP contribution >= 0.6 is 22.9 Å². The zero-order valence-corrected chi connectivity index (χ0v) is 12.6. The fourth-order valence-electron chi connectivity index (χ4n) is 1.77. The van der Waals surface area contributed by atoms with E-state index in [0.29, 0.717) is 24.3 Å². The lowest BCUT2D eigenvalue weighted by molar-refractivity contribution is -0.384. The summed E-state index contributed by atoms with van der Waals surface area (Å²) in [4.78, 5) is 23.0. The normalized spacial score (nSPS) is 19.6. The van der Waals surface area contributed by atoms with Crippen LogP contribution in [0.25, 0.3) is 0 Å². The fraction of sp³-hybridized carbons (Fsp3) is 0.444. The predicted molar refractivity (Wildman–Crippen MR) is 72.3 cm³/mol. The van der Waals surface area contributed by atoms with Gasteiger partial charge in [-0.25, -0.2) is 8.42 Å². The van der Waals surface area contributed by atoms with Gasteiger partial charge < -0.3 is 4.90 Å². The third-order valence-electron chi connectivity index (χ3n) is 2.83. The predicted octanol–water partition coefficient (Wildman–Crippen LogP) is 0.819. The Morgan fingerprint density at radius 2 is 2.25 bits per heavy atom. The van der Waals surface area contributed by atoms with Gasteiger partial charge in [0, 0.05) is 19.7 Å². The molecule has 0 radical (unpaired) electrons. The van der Waals surface area contributed by atoms with Gasteiger partial charge in [0.15, 0.2) is 4.34 Å². The Kier molecular flexibility index (Phi) is 4.00. The molecule has 1 aliphatic heterocycles. The van der Waals surface area contributed by atoms with Crippen LogP contribution in [0.5, 0.6) is 0 Å². The number of amides is 1. The van der Waals surface area contributed by atoms with Gasteiger partial charge in [0.1, 0.15) is 10.3 Å². The molecule has 2 rings (SSSR count). The van der Waals surface area contributed by atoms with E-state index < -0.39 is 26.7 Å². The Morgan fingerprint density at radius 1 is 1.60 bits per heavy atom. The van der Waals surface area contributed by atoms with Gasteiger partial charge in [-0.3, -0.25) is 14.9 Å². The van der Waals surface area contributed by atoms with Crippen LogP contribution in [0.2, 0.25) is 4.34 Å². The summed E-state index contributed by atoms with van der Waals surface area (Å²) < 4.78 is 25.9. The summed E-state index contributed by atoms with van der Waals surface area (Å²) in [5.41, 5.74) is -0.466. The van der Waals surface area contributed by atoms with E-state index >= 15 is 0 Å². The van der Waals surface area contributed by atoms with Gasteiger partial charge in [0.25, 0.3) is 15.7 Å². The van der Waals surface area contributed by atoms with Gasteiger partial charge in [-0.15, -0.1) is 11.3 Å². The smallest absolute Gasteiger partial charge is 0.300 e. The van der Waals surface area contributed by atoms with Crippen LogP contribution in [0.15, 0.2) is 10.3 Å². The zero-order valence-electron chi connectivity index (χ0n) is 10.2. The lowest BCUT2D eigenvalue weighted by Gasteiger charge is -2.11. The number of rotatable bonds is 4. The van der Waals surface area contributed by atoms with Crippen LogP contribution < -0.4 is 4.72 Å². The van der Waals surface area contributed by atoms with Gasteiger partial charge in [-0.05, 0) is 6.42 Å². The second-order valence-corrected chi connectivity index (χ2v) is 7.80. The first-order valence-electron chi connectivity index (χ1n) is 5.43. The molecule has 0 bridgehead atoms. The number of likely N-dealkylation sites (tertiary alicyclic amines) is 1. The molecule has 0 spiro atoms. The van der Waals surface area contributed by atoms with Crippen molar-refractivity contribution in [1.82, 2.24) is 9.62 Å². The van der Waals surface area contributed by atoms with Gasteiger partial charge in [0.05, 0.1) is 4.92 Å². The highest BCUT2D eigenvalue weighted by molar-refractivity contribution is 7.91. The highest BCUT2D eigenvalue weighted by atomic mass is 35.5. The molecule has 11 heteroatoms. The first kappa shape index (κ1) is 15.2. The lowest BCUT2D eigenvalue weighted by Crippen LogP contribution is -2.40. The number of nitrogens with one attached hydrogen (secondary N) is 1. The molecule has 8 nitrogen and oxygen atoms in total. The third-order valence-corrected chi connectivity index (χ3v) is 6.12. The molecule has 1 fully saturated rings. The summed E-state index contributed by atoms with van der Waals surface area (Å²) in [5, 5.41) is 10.7. The number of carbonyl (C=O) groups is 1. The van der Waals surface area contributed by atoms with Crippen LogP contribution in [-0.2, 0) is 14.8 Å². The van der Waals surface area contributed by atoms with E-state index in [1.807, 2.05) is 0 Å². The Morgan fingerprint density at radius 3 is 2.70 bits per heavy atom. The van der Waals surface area contributed by atoms with E-state index in [-0.39, 0.29) is 14.5 Å². The van der Waals surface area contributed by atoms with Crippen molar-refractivity contribution in [1.29, 1.82) is 0 Å². The van der Waals surface area contributed by atoms with Crippen molar-refractivity contribution in [3.05, 3.63) is 20.5 Å². The minimum absolute atomic E-state index is 0.217. The first-order valence-corrected chi connectivity index (χ1v) is 8.11. The van der Waals surface area contributed by atoms with Gasteiger partial charge in [0.2, 0.25) is 5.91 Å². The summed E-state index contributed by atoms with van der Waals surface area (Å²) in [6, 6.07) is 0.0447. The Balaban J connectivity index is 2.25. The van der Waals surface area contributed by atoms with E-state index in [2.05, 4.69) is 4.72 Å². The third kappa shape index (κ3) is 2.77. The molecule has 1 aromatic rings. The Bertz CT molecular complexity index is 671. The van der Waals surface area contributed by atoms with Crippen molar-refractivity contribution >= 4 is 44.6 Å². The summed E-state index contributed by atoms with van der Waals surface area (Å²) in [5.74, 6) is -0.328. The van der Waals surface area contributed by atoms with Crippen LogP contribution in [-0.4, -0.2) is 43.8 Å². The quantitative estimate of drug-likeness (QED) is 0.645. The van der Waals surface area contributed by atoms with E-state index in [4.69, 9.17) is 11.6 Å². The molecule has 0 saturated carbocycles. The Labute approximate surface area is 123 Å². The number of carbonyl (C=O) groups excluding carboxylic acids is 1. The number of likely N-dealkylation sites (N-methyl/N-ethyl adjacent to an activating group) is 1. The molecule has 1 aromatic heterocycles. The van der Waals surface area contributed by atoms with Crippen LogP contribution in [0, 0.1) is 10.1 Å². The molecular weight excluding hydrogens is 330 g/mol. The maximum atomic E-state index is 12.1. The molecule has 1 atom stereocenters. The largest absolute Gasteiger partial charge is 0.344 e. The van der Waals surface area contributed by atoms with Gasteiger partial charge >= 0.3 is 0 Å². The number of nitro groups is 1. The molecule has 1 aliphatic rings. The van der Waals surface area contributed by atoms with Crippen LogP contribution in [0.4, 0.5) is 5.69 Å². The minimum Gasteiger partial charge on any atom is -0.344 e. The topological polar surface area (TPSA) is 110 Å². The Hall–Kier alpha value is -1.23. The number of halogens is 1. The molecule has 1 saturated heterocycles. The van der Waals surface area contributed by atoms with Crippen molar-refractivity contribution in [3.63, 3.8) is 0 Å². The minimum atomic E-state index is -4.00. The molecule has 0 aliphatic carbocycles. The second kappa shape index (κ2) is 5.28. The summed E-state index contributed by atoms with van der Waals surface area (Å²) >= 11 is 6.21. The maximum Gasteiger partial charge on any atom is 0.300 e. The van der Waals surface area contributed by atoms with Gasteiger partial charge in [-0.2, -0.15) is 4.72 Å².